The van der Waals surface area contributed by atoms with Crippen molar-refractivity contribution in [2.24, 2.45) is 0 Å². The molecule has 5 rings (SSSR count). The number of rotatable bonds is 6. The number of anilines is 4. The lowest BCUT2D eigenvalue weighted by Gasteiger charge is -2.35. The van der Waals surface area contributed by atoms with Gasteiger partial charge in [-0.2, -0.15) is 10.1 Å². The zero-order valence-electron chi connectivity index (χ0n) is 21.2. The fraction of sp³-hybridized carbons (Fsp3) is 0.480. The second-order valence-corrected chi connectivity index (χ2v) is 9.54. The molecule has 0 bridgehead atoms. The number of aromatic amines is 1. The Morgan fingerprint density at radius 1 is 0.972 bits per heavy atom. The minimum absolute atomic E-state index is 0.0628. The highest BCUT2D eigenvalue weighted by Crippen LogP contribution is 2.21. The summed E-state index contributed by atoms with van der Waals surface area (Å²) in [6, 6.07) is 7.76. The van der Waals surface area contributed by atoms with Crippen LogP contribution in [0.3, 0.4) is 0 Å². The van der Waals surface area contributed by atoms with Crippen LogP contribution in [0, 0.1) is 13.8 Å². The molecule has 0 saturated carbocycles. The average molecular weight is 491 g/mol. The molecule has 190 valence electrons. The van der Waals surface area contributed by atoms with Crippen molar-refractivity contribution in [3.8, 4) is 0 Å². The Hall–Kier alpha value is -3.89. The zero-order chi connectivity index (χ0) is 25.1. The van der Waals surface area contributed by atoms with E-state index in [0.717, 1.165) is 35.9 Å². The monoisotopic (exact) mass is 490 g/mol. The van der Waals surface area contributed by atoms with Crippen LogP contribution in [0.5, 0.6) is 0 Å². The van der Waals surface area contributed by atoms with Gasteiger partial charge in [0.2, 0.25) is 5.95 Å². The molecule has 3 N–H and O–H groups in total. The molecule has 11 nitrogen and oxygen atoms in total. The number of pyridine rings is 1. The molecule has 0 radical (unpaired) electrons. The van der Waals surface area contributed by atoms with Gasteiger partial charge >= 0.3 is 6.03 Å². The molecule has 2 saturated heterocycles. The van der Waals surface area contributed by atoms with Crippen molar-refractivity contribution in [3.05, 3.63) is 47.4 Å². The van der Waals surface area contributed by atoms with Gasteiger partial charge in [0.1, 0.15) is 11.6 Å². The number of aromatic nitrogens is 5. The number of hydrogen-bond acceptors (Lipinski definition) is 8. The molecule has 2 amide bonds. The van der Waals surface area contributed by atoms with Crippen LogP contribution < -0.4 is 20.4 Å². The summed E-state index contributed by atoms with van der Waals surface area (Å²) in [7, 11) is 0. The molecule has 3 aromatic rings. The van der Waals surface area contributed by atoms with Crippen LogP contribution in [0.4, 0.5) is 28.2 Å². The van der Waals surface area contributed by atoms with Crippen molar-refractivity contribution in [1.82, 2.24) is 35.4 Å². The molecule has 0 spiro atoms. The Bertz CT molecular complexity index is 1180. The third kappa shape index (κ3) is 5.50. The van der Waals surface area contributed by atoms with Crippen LogP contribution in [0.2, 0.25) is 0 Å². The number of nitrogens with one attached hydrogen (secondary N) is 3. The fourth-order valence-corrected chi connectivity index (χ4v) is 4.63. The molecule has 1 atom stereocenters. The maximum atomic E-state index is 12.9. The lowest BCUT2D eigenvalue weighted by atomic mass is 10.1. The van der Waals surface area contributed by atoms with Crippen LogP contribution in [0.15, 0.2) is 30.5 Å². The Kier molecular flexibility index (Phi) is 6.88. The van der Waals surface area contributed by atoms with Crippen molar-refractivity contribution in [1.29, 1.82) is 0 Å². The summed E-state index contributed by atoms with van der Waals surface area (Å²) >= 11 is 0. The first-order valence-electron chi connectivity index (χ1n) is 12.6. The number of hydrogen-bond donors (Lipinski definition) is 3. The van der Waals surface area contributed by atoms with E-state index >= 15 is 0 Å². The van der Waals surface area contributed by atoms with E-state index in [1.165, 1.54) is 12.8 Å². The lowest BCUT2D eigenvalue weighted by Crippen LogP contribution is -2.52. The van der Waals surface area contributed by atoms with E-state index in [2.05, 4.69) is 57.7 Å². The number of urea groups is 1. The highest BCUT2D eigenvalue weighted by atomic mass is 16.2. The molecule has 2 aliphatic rings. The highest BCUT2D eigenvalue weighted by molar-refractivity contribution is 5.75. The Labute approximate surface area is 211 Å². The molecule has 36 heavy (non-hydrogen) atoms. The van der Waals surface area contributed by atoms with Crippen LogP contribution in [-0.4, -0.2) is 75.3 Å². The molecule has 11 heteroatoms. The van der Waals surface area contributed by atoms with E-state index in [1.807, 2.05) is 44.0 Å². The number of H-pyrrole nitrogens is 1. The van der Waals surface area contributed by atoms with Gasteiger partial charge in [0.05, 0.1) is 6.04 Å². The molecule has 2 aliphatic heterocycles. The first kappa shape index (κ1) is 23.8. The Morgan fingerprint density at radius 2 is 1.75 bits per heavy atom. The van der Waals surface area contributed by atoms with Gasteiger partial charge in [-0.15, -0.1) is 0 Å². The molecule has 5 heterocycles. The third-order valence-corrected chi connectivity index (χ3v) is 6.69. The van der Waals surface area contributed by atoms with Gasteiger partial charge in [0.25, 0.3) is 0 Å². The molecule has 3 aromatic heterocycles. The SMILES string of the molecule is Cc1cc(Nc2cc(C)[nH]n2)nc(N2CCN(C(=O)NC(C)c3ccc(N4CCCC4)nc3)CC2)n1. The summed E-state index contributed by atoms with van der Waals surface area (Å²) in [6.07, 6.45) is 4.32. The molecular formula is C25H34N10O. The minimum Gasteiger partial charge on any atom is -0.357 e. The highest BCUT2D eigenvalue weighted by Gasteiger charge is 2.24. The number of aryl methyl sites for hydroxylation is 2. The van der Waals surface area contributed by atoms with Crippen LogP contribution in [-0.2, 0) is 0 Å². The molecular weight excluding hydrogens is 456 g/mol. The van der Waals surface area contributed by atoms with Crippen molar-refractivity contribution in [3.63, 3.8) is 0 Å². The van der Waals surface area contributed by atoms with Crippen LogP contribution in [0.1, 0.15) is 42.8 Å². The van der Waals surface area contributed by atoms with Crippen LogP contribution >= 0.6 is 0 Å². The number of carbonyl (C=O) groups is 1. The summed E-state index contributed by atoms with van der Waals surface area (Å²) in [5.74, 6) is 3.08. The van der Waals surface area contributed by atoms with Gasteiger partial charge in [-0.1, -0.05) is 6.07 Å². The van der Waals surface area contributed by atoms with Gasteiger partial charge < -0.3 is 25.3 Å². The molecule has 1 unspecified atom stereocenters. The van der Waals surface area contributed by atoms with Crippen molar-refractivity contribution < 1.29 is 4.79 Å². The smallest absolute Gasteiger partial charge is 0.317 e. The normalized spacial score (nSPS) is 16.8. The van der Waals surface area contributed by atoms with E-state index in [-0.39, 0.29) is 12.1 Å². The summed E-state index contributed by atoms with van der Waals surface area (Å²) in [5, 5.41) is 13.5. The molecule has 0 aromatic carbocycles. The summed E-state index contributed by atoms with van der Waals surface area (Å²) in [4.78, 5) is 33.1. The van der Waals surface area contributed by atoms with E-state index < -0.39 is 0 Å². The van der Waals surface area contributed by atoms with Crippen molar-refractivity contribution in [2.75, 3.05) is 54.4 Å². The van der Waals surface area contributed by atoms with E-state index in [4.69, 9.17) is 0 Å². The van der Waals surface area contributed by atoms with Crippen molar-refractivity contribution >= 4 is 29.4 Å². The number of piperazine rings is 1. The largest absolute Gasteiger partial charge is 0.357 e. The fourth-order valence-electron chi connectivity index (χ4n) is 4.63. The van der Waals surface area contributed by atoms with E-state index in [0.29, 0.717) is 43.8 Å². The first-order chi connectivity index (χ1) is 17.4. The summed E-state index contributed by atoms with van der Waals surface area (Å²) in [5.41, 5.74) is 2.85. The number of amides is 2. The second kappa shape index (κ2) is 10.4. The van der Waals surface area contributed by atoms with Gasteiger partial charge in [-0.25, -0.2) is 14.8 Å². The van der Waals surface area contributed by atoms with Gasteiger partial charge in [-0.3, -0.25) is 5.10 Å². The minimum atomic E-state index is -0.116. The molecule has 2 fully saturated rings. The maximum absolute atomic E-state index is 12.9. The van der Waals surface area contributed by atoms with Gasteiger partial charge in [0.15, 0.2) is 5.82 Å². The van der Waals surface area contributed by atoms with Gasteiger partial charge in [-0.05, 0) is 45.2 Å². The quantitative estimate of drug-likeness (QED) is 0.482. The standard InChI is InChI=1S/C25H34N10O/c1-17-14-21(29-22-15-18(2)31-32-22)30-24(27-17)34-10-12-35(13-11-34)25(36)28-19(3)20-6-7-23(26-16-20)33-8-4-5-9-33/h6-7,14-16,19H,4-5,8-13H2,1-3H3,(H,28,36)(H2,27,29,30,31,32). The number of nitrogens with zero attached hydrogens (tertiary/aromatic N) is 7. The zero-order valence-corrected chi connectivity index (χ0v) is 21.2. The lowest BCUT2D eigenvalue weighted by molar-refractivity contribution is 0.191. The first-order valence-corrected chi connectivity index (χ1v) is 12.6. The second-order valence-electron chi connectivity index (χ2n) is 9.54. The topological polar surface area (TPSA) is 118 Å². The average Bonchev–Trinajstić information content (AvgIpc) is 3.56. The predicted molar refractivity (Wildman–Crippen MR) is 140 cm³/mol. The third-order valence-electron chi connectivity index (χ3n) is 6.69. The van der Waals surface area contributed by atoms with Crippen molar-refractivity contribution in [2.45, 2.75) is 39.7 Å². The maximum Gasteiger partial charge on any atom is 0.317 e. The predicted octanol–water partition coefficient (Wildman–Crippen LogP) is 3.15. The molecule has 0 aliphatic carbocycles. The van der Waals surface area contributed by atoms with Crippen LogP contribution in [0.25, 0.3) is 0 Å². The summed E-state index contributed by atoms with van der Waals surface area (Å²) < 4.78 is 0. The Balaban J connectivity index is 1.14. The number of carbonyl (C=O) groups excluding carboxylic acids is 1. The summed E-state index contributed by atoms with van der Waals surface area (Å²) in [6.45, 7) is 10.6. The van der Waals surface area contributed by atoms with E-state index in [1.54, 1.807) is 0 Å². The van der Waals surface area contributed by atoms with Gasteiger partial charge in [0, 0.05) is 69.0 Å². The van der Waals surface area contributed by atoms with E-state index in [9.17, 15) is 4.79 Å². The Morgan fingerprint density at radius 3 is 2.42 bits per heavy atom.